The van der Waals surface area contributed by atoms with Crippen LogP contribution in [0, 0.1) is 6.92 Å². The average molecular weight is 325 g/mol. The topological polar surface area (TPSA) is 55.4 Å². The van der Waals surface area contributed by atoms with Crippen LogP contribution in [-0.4, -0.2) is 19.0 Å². The Morgan fingerprint density at radius 2 is 1.83 bits per heavy atom. The SMILES string of the molecule is CCCC(C(=O)Nc1cc(C(=O)OC)ccc1C)c1ccccc1. The number of ether oxygens (including phenoxy) is 1. The first-order chi connectivity index (χ1) is 11.6. The Labute approximate surface area is 142 Å². The van der Waals surface area contributed by atoms with Gasteiger partial charge < -0.3 is 10.1 Å². The van der Waals surface area contributed by atoms with Gasteiger partial charge in [0.1, 0.15) is 0 Å². The molecule has 24 heavy (non-hydrogen) atoms. The van der Waals surface area contributed by atoms with Crippen LogP contribution in [0.1, 0.15) is 47.2 Å². The van der Waals surface area contributed by atoms with Crippen molar-refractivity contribution in [1.29, 1.82) is 0 Å². The predicted molar refractivity (Wildman–Crippen MR) is 95.2 cm³/mol. The molecule has 2 rings (SSSR count). The number of carbonyl (C=O) groups is 2. The first kappa shape index (κ1) is 17.7. The fourth-order valence-corrected chi connectivity index (χ4v) is 2.64. The second-order valence-electron chi connectivity index (χ2n) is 5.76. The number of carbonyl (C=O) groups excluding carboxylic acids is 2. The monoisotopic (exact) mass is 325 g/mol. The van der Waals surface area contributed by atoms with Gasteiger partial charge >= 0.3 is 5.97 Å². The van der Waals surface area contributed by atoms with Gasteiger partial charge in [-0.25, -0.2) is 4.79 Å². The van der Waals surface area contributed by atoms with E-state index in [4.69, 9.17) is 4.74 Å². The van der Waals surface area contributed by atoms with Crippen molar-refractivity contribution in [2.45, 2.75) is 32.6 Å². The molecule has 2 aromatic carbocycles. The standard InChI is InChI=1S/C20H23NO3/c1-4-8-17(15-9-6-5-7-10-15)19(22)21-18-13-16(20(23)24-3)12-11-14(18)2/h5-7,9-13,17H,4,8H2,1-3H3,(H,21,22). The van der Waals surface area contributed by atoms with Gasteiger partial charge in [0.25, 0.3) is 0 Å². The number of anilines is 1. The third-order valence-corrected chi connectivity index (χ3v) is 4.01. The second-order valence-corrected chi connectivity index (χ2v) is 5.76. The highest BCUT2D eigenvalue weighted by molar-refractivity contribution is 5.98. The maximum atomic E-state index is 12.8. The van der Waals surface area contributed by atoms with E-state index in [1.807, 2.05) is 37.3 Å². The quantitative estimate of drug-likeness (QED) is 0.805. The molecule has 0 aliphatic heterocycles. The lowest BCUT2D eigenvalue weighted by molar-refractivity contribution is -0.117. The minimum absolute atomic E-state index is 0.0619. The normalized spacial score (nSPS) is 11.6. The maximum Gasteiger partial charge on any atom is 0.337 e. The van der Waals surface area contributed by atoms with Gasteiger partial charge in [-0.1, -0.05) is 49.7 Å². The smallest absolute Gasteiger partial charge is 0.337 e. The van der Waals surface area contributed by atoms with Crippen molar-refractivity contribution < 1.29 is 14.3 Å². The highest BCUT2D eigenvalue weighted by Crippen LogP contribution is 2.25. The highest BCUT2D eigenvalue weighted by atomic mass is 16.5. The molecule has 1 unspecified atom stereocenters. The van der Waals surface area contributed by atoms with Crippen molar-refractivity contribution >= 4 is 17.6 Å². The molecule has 0 bridgehead atoms. The number of rotatable bonds is 6. The van der Waals surface area contributed by atoms with Crippen LogP contribution >= 0.6 is 0 Å². The third kappa shape index (κ3) is 4.22. The Kier molecular flexibility index (Phi) is 6.13. The Bertz CT molecular complexity index is 710. The fourth-order valence-electron chi connectivity index (χ4n) is 2.64. The maximum absolute atomic E-state index is 12.8. The van der Waals surface area contributed by atoms with Crippen LogP contribution in [-0.2, 0) is 9.53 Å². The van der Waals surface area contributed by atoms with E-state index in [0.717, 1.165) is 24.0 Å². The van der Waals surface area contributed by atoms with Crippen LogP contribution in [0.25, 0.3) is 0 Å². The zero-order chi connectivity index (χ0) is 17.5. The molecule has 1 N–H and O–H groups in total. The third-order valence-electron chi connectivity index (χ3n) is 4.01. The summed E-state index contributed by atoms with van der Waals surface area (Å²) in [5.74, 6) is -0.691. The molecule has 1 amide bonds. The van der Waals surface area contributed by atoms with Crippen molar-refractivity contribution in [3.63, 3.8) is 0 Å². The lowest BCUT2D eigenvalue weighted by Gasteiger charge is -2.18. The average Bonchev–Trinajstić information content (AvgIpc) is 2.61. The van der Waals surface area contributed by atoms with Crippen LogP contribution in [0.3, 0.4) is 0 Å². The number of nitrogens with one attached hydrogen (secondary N) is 1. The van der Waals surface area contributed by atoms with E-state index in [-0.39, 0.29) is 11.8 Å². The molecule has 0 aromatic heterocycles. The summed E-state index contributed by atoms with van der Waals surface area (Å²) in [7, 11) is 1.34. The zero-order valence-corrected chi connectivity index (χ0v) is 14.3. The van der Waals surface area contributed by atoms with Gasteiger partial charge in [0.2, 0.25) is 5.91 Å². The lowest BCUT2D eigenvalue weighted by Crippen LogP contribution is -2.22. The molecule has 0 saturated carbocycles. The van der Waals surface area contributed by atoms with Crippen LogP contribution in [0.5, 0.6) is 0 Å². The molecule has 0 saturated heterocycles. The molecule has 4 heteroatoms. The first-order valence-electron chi connectivity index (χ1n) is 8.11. The molecular weight excluding hydrogens is 302 g/mol. The van der Waals surface area contributed by atoms with Gasteiger partial charge in [0, 0.05) is 5.69 Å². The van der Waals surface area contributed by atoms with E-state index < -0.39 is 5.97 Å². The molecule has 0 aliphatic carbocycles. The van der Waals surface area contributed by atoms with Gasteiger partial charge in [0.15, 0.2) is 0 Å². The first-order valence-corrected chi connectivity index (χ1v) is 8.11. The number of hydrogen-bond donors (Lipinski definition) is 1. The molecular formula is C20H23NO3. The summed E-state index contributed by atoms with van der Waals surface area (Å²) >= 11 is 0. The van der Waals surface area contributed by atoms with Crippen molar-refractivity contribution in [2.75, 3.05) is 12.4 Å². The Morgan fingerprint density at radius 3 is 2.46 bits per heavy atom. The van der Waals surface area contributed by atoms with E-state index in [9.17, 15) is 9.59 Å². The highest BCUT2D eigenvalue weighted by Gasteiger charge is 2.20. The number of methoxy groups -OCH3 is 1. The van der Waals surface area contributed by atoms with Crippen molar-refractivity contribution in [3.05, 3.63) is 65.2 Å². The van der Waals surface area contributed by atoms with Gasteiger partial charge in [-0.3, -0.25) is 4.79 Å². The minimum atomic E-state index is -0.418. The molecule has 0 heterocycles. The summed E-state index contributed by atoms with van der Waals surface area (Å²) in [5.41, 5.74) is 2.96. The van der Waals surface area contributed by atoms with E-state index in [0.29, 0.717) is 11.3 Å². The van der Waals surface area contributed by atoms with E-state index in [1.165, 1.54) is 7.11 Å². The zero-order valence-electron chi connectivity index (χ0n) is 14.3. The van der Waals surface area contributed by atoms with Crippen LogP contribution in [0.15, 0.2) is 48.5 Å². The summed E-state index contributed by atoms with van der Waals surface area (Å²) in [4.78, 5) is 24.5. The van der Waals surface area contributed by atoms with Gasteiger partial charge in [-0.15, -0.1) is 0 Å². The number of hydrogen-bond acceptors (Lipinski definition) is 3. The number of benzene rings is 2. The fraction of sp³-hybridized carbons (Fsp3) is 0.300. The number of amides is 1. The molecule has 0 aliphatic rings. The molecule has 1 atom stereocenters. The molecule has 126 valence electrons. The van der Waals surface area contributed by atoms with E-state index >= 15 is 0 Å². The van der Waals surface area contributed by atoms with Gasteiger partial charge in [-0.2, -0.15) is 0 Å². The van der Waals surface area contributed by atoms with Gasteiger partial charge in [-0.05, 0) is 36.6 Å². The minimum Gasteiger partial charge on any atom is -0.465 e. The second kappa shape index (κ2) is 8.29. The summed E-state index contributed by atoms with van der Waals surface area (Å²) < 4.78 is 4.74. The number of aryl methyl sites for hydroxylation is 1. The van der Waals surface area contributed by atoms with Crippen molar-refractivity contribution in [2.24, 2.45) is 0 Å². The van der Waals surface area contributed by atoms with E-state index in [1.54, 1.807) is 18.2 Å². The van der Waals surface area contributed by atoms with Crippen LogP contribution in [0.2, 0.25) is 0 Å². The summed E-state index contributed by atoms with van der Waals surface area (Å²) in [6, 6.07) is 14.9. The summed E-state index contributed by atoms with van der Waals surface area (Å²) in [6.45, 7) is 3.96. The predicted octanol–water partition coefficient (Wildman–Crippen LogP) is 4.30. The molecule has 2 aromatic rings. The van der Waals surface area contributed by atoms with Gasteiger partial charge in [0.05, 0.1) is 18.6 Å². The summed E-state index contributed by atoms with van der Waals surface area (Å²) in [6.07, 6.45) is 1.68. The van der Waals surface area contributed by atoms with Crippen LogP contribution in [0.4, 0.5) is 5.69 Å². The van der Waals surface area contributed by atoms with Crippen molar-refractivity contribution in [1.82, 2.24) is 0 Å². The van der Waals surface area contributed by atoms with E-state index in [2.05, 4.69) is 12.2 Å². The Morgan fingerprint density at radius 1 is 1.12 bits per heavy atom. The molecule has 4 nitrogen and oxygen atoms in total. The Balaban J connectivity index is 2.25. The van der Waals surface area contributed by atoms with Crippen molar-refractivity contribution in [3.8, 4) is 0 Å². The Hall–Kier alpha value is -2.62. The van der Waals surface area contributed by atoms with Crippen LogP contribution < -0.4 is 5.32 Å². The lowest BCUT2D eigenvalue weighted by atomic mass is 9.93. The molecule has 0 spiro atoms. The molecule has 0 fully saturated rings. The molecule has 0 radical (unpaired) electrons. The summed E-state index contributed by atoms with van der Waals surface area (Å²) in [5, 5.41) is 2.97. The largest absolute Gasteiger partial charge is 0.465 e. The number of esters is 1.